The SMILES string of the molecule is NC(=O)c1cc2cc(Cl)ncc2[nH]1.O=C(CCc1ccc(F)cc1)NCC(O)CO. The summed E-state index contributed by atoms with van der Waals surface area (Å²) in [6, 6.07) is 9.27. The van der Waals surface area contributed by atoms with Crippen molar-refractivity contribution in [1.29, 1.82) is 0 Å². The molecule has 0 radical (unpaired) electrons. The number of pyridine rings is 1. The smallest absolute Gasteiger partial charge is 0.265 e. The zero-order chi connectivity index (χ0) is 22.1. The van der Waals surface area contributed by atoms with Gasteiger partial charge in [0.2, 0.25) is 5.91 Å². The molecule has 1 atom stereocenters. The van der Waals surface area contributed by atoms with Gasteiger partial charge in [-0.25, -0.2) is 9.37 Å². The first-order valence-electron chi connectivity index (χ1n) is 9.02. The molecule has 2 aromatic heterocycles. The summed E-state index contributed by atoms with van der Waals surface area (Å²) in [6.45, 7) is -0.336. The number of nitrogens with zero attached hydrogens (tertiary/aromatic N) is 1. The Kier molecular flexibility index (Phi) is 8.72. The van der Waals surface area contributed by atoms with Crippen molar-refractivity contribution in [3.05, 3.63) is 64.8 Å². The van der Waals surface area contributed by atoms with E-state index in [1.54, 1.807) is 30.5 Å². The van der Waals surface area contributed by atoms with E-state index >= 15 is 0 Å². The molecule has 0 saturated heterocycles. The summed E-state index contributed by atoms with van der Waals surface area (Å²) in [5.74, 6) is -1.00. The van der Waals surface area contributed by atoms with Crippen molar-refractivity contribution >= 4 is 34.3 Å². The van der Waals surface area contributed by atoms with Crippen molar-refractivity contribution in [1.82, 2.24) is 15.3 Å². The van der Waals surface area contributed by atoms with Crippen LogP contribution in [0.15, 0.2) is 42.6 Å². The fourth-order valence-corrected chi connectivity index (χ4v) is 2.60. The number of carbonyl (C=O) groups excluding carboxylic acids is 2. The summed E-state index contributed by atoms with van der Waals surface area (Å²) in [6.07, 6.45) is 1.42. The molecule has 0 spiro atoms. The van der Waals surface area contributed by atoms with Gasteiger partial charge >= 0.3 is 0 Å². The summed E-state index contributed by atoms with van der Waals surface area (Å²) in [4.78, 5) is 28.8. The van der Waals surface area contributed by atoms with Crippen LogP contribution in [0.5, 0.6) is 0 Å². The maximum Gasteiger partial charge on any atom is 0.265 e. The molecule has 8 nitrogen and oxygen atoms in total. The Balaban J connectivity index is 0.000000220. The number of primary amides is 1. The van der Waals surface area contributed by atoms with Crippen LogP contribution in [0.1, 0.15) is 22.5 Å². The van der Waals surface area contributed by atoms with E-state index in [1.165, 1.54) is 12.1 Å². The number of amides is 2. The number of aromatic nitrogens is 2. The van der Waals surface area contributed by atoms with E-state index in [0.29, 0.717) is 17.3 Å². The highest BCUT2D eigenvalue weighted by Gasteiger charge is 2.06. The minimum atomic E-state index is -0.926. The largest absolute Gasteiger partial charge is 0.394 e. The quantitative estimate of drug-likeness (QED) is 0.357. The summed E-state index contributed by atoms with van der Waals surface area (Å²) < 4.78 is 12.6. The molecule has 0 fully saturated rings. The molecule has 3 aromatic rings. The van der Waals surface area contributed by atoms with Crippen molar-refractivity contribution in [2.75, 3.05) is 13.2 Å². The van der Waals surface area contributed by atoms with Crippen molar-refractivity contribution in [2.45, 2.75) is 18.9 Å². The van der Waals surface area contributed by atoms with Gasteiger partial charge in [0.05, 0.1) is 24.4 Å². The van der Waals surface area contributed by atoms with E-state index < -0.39 is 12.0 Å². The Morgan fingerprint density at radius 1 is 1.27 bits per heavy atom. The topological polar surface area (TPSA) is 141 Å². The Morgan fingerprint density at radius 3 is 2.60 bits per heavy atom. The van der Waals surface area contributed by atoms with Crippen LogP contribution >= 0.6 is 11.6 Å². The summed E-state index contributed by atoms with van der Waals surface area (Å²) in [7, 11) is 0. The lowest BCUT2D eigenvalue weighted by molar-refractivity contribution is -0.121. The molecular formula is C20H22ClFN4O4. The van der Waals surface area contributed by atoms with Crippen LogP contribution in [-0.4, -0.2) is 51.3 Å². The fourth-order valence-electron chi connectivity index (χ4n) is 2.43. The van der Waals surface area contributed by atoms with Crippen LogP contribution in [-0.2, 0) is 11.2 Å². The van der Waals surface area contributed by atoms with E-state index in [0.717, 1.165) is 16.5 Å². The predicted molar refractivity (Wildman–Crippen MR) is 110 cm³/mol. The Labute approximate surface area is 176 Å². The Hall–Kier alpha value is -3.01. The van der Waals surface area contributed by atoms with Crippen LogP contribution in [0.25, 0.3) is 10.9 Å². The maximum absolute atomic E-state index is 12.6. The predicted octanol–water partition coefficient (Wildman–Crippen LogP) is 1.54. The van der Waals surface area contributed by atoms with Gasteiger partial charge in [0.1, 0.15) is 16.7 Å². The van der Waals surface area contributed by atoms with Crippen LogP contribution in [0.3, 0.4) is 0 Å². The van der Waals surface area contributed by atoms with Crippen molar-refractivity contribution in [2.24, 2.45) is 5.73 Å². The Bertz CT molecular complexity index is 994. The van der Waals surface area contributed by atoms with Gasteiger partial charge < -0.3 is 26.2 Å². The normalized spacial score (nSPS) is 11.5. The lowest BCUT2D eigenvalue weighted by Gasteiger charge is -2.08. The van der Waals surface area contributed by atoms with Gasteiger partial charge in [-0.3, -0.25) is 9.59 Å². The van der Waals surface area contributed by atoms with Crippen molar-refractivity contribution < 1.29 is 24.2 Å². The average Bonchev–Trinajstić information content (AvgIpc) is 3.15. The second kappa shape index (κ2) is 11.2. The van der Waals surface area contributed by atoms with E-state index in [2.05, 4.69) is 15.3 Å². The number of aliphatic hydroxyl groups excluding tert-OH is 2. The number of hydrogen-bond acceptors (Lipinski definition) is 5. The number of aryl methyl sites for hydroxylation is 1. The number of H-pyrrole nitrogens is 1. The number of fused-ring (bicyclic) bond motifs is 1. The number of aliphatic hydroxyl groups is 2. The molecule has 10 heteroatoms. The molecule has 0 aliphatic carbocycles. The third-order valence-electron chi connectivity index (χ3n) is 4.04. The third kappa shape index (κ3) is 7.43. The molecule has 6 N–H and O–H groups in total. The first-order chi connectivity index (χ1) is 14.3. The number of aromatic amines is 1. The standard InChI is InChI=1S/C12H16FNO3.C8H6ClN3O/c13-10-4-1-9(2-5-10)3-6-12(17)14-7-11(16)8-15;9-7-2-4-1-5(8(10)13)12-6(4)3-11-7/h1-2,4-5,11,15-16H,3,6-8H2,(H,14,17);1-3,12H,(H2,10,13). The minimum absolute atomic E-state index is 0.0404. The van der Waals surface area contributed by atoms with Gasteiger partial charge in [-0.15, -0.1) is 0 Å². The molecule has 160 valence electrons. The minimum Gasteiger partial charge on any atom is -0.394 e. The van der Waals surface area contributed by atoms with Gasteiger partial charge in [-0.05, 0) is 36.2 Å². The number of halogens is 2. The summed E-state index contributed by atoms with van der Waals surface area (Å²) in [5, 5.41) is 21.3. The number of carbonyl (C=O) groups is 2. The number of hydrogen-bond donors (Lipinski definition) is 5. The monoisotopic (exact) mass is 436 g/mol. The van der Waals surface area contributed by atoms with Gasteiger partial charge in [0.25, 0.3) is 5.91 Å². The van der Waals surface area contributed by atoms with E-state index in [1.807, 2.05) is 0 Å². The molecule has 2 heterocycles. The van der Waals surface area contributed by atoms with Crippen LogP contribution in [0, 0.1) is 5.82 Å². The van der Waals surface area contributed by atoms with Gasteiger partial charge in [-0.1, -0.05) is 23.7 Å². The summed E-state index contributed by atoms with van der Waals surface area (Å²) in [5.41, 5.74) is 7.08. The van der Waals surface area contributed by atoms with Gasteiger partial charge in [0, 0.05) is 18.4 Å². The fraction of sp³-hybridized carbons (Fsp3) is 0.250. The Morgan fingerprint density at radius 2 is 1.97 bits per heavy atom. The number of nitrogens with one attached hydrogen (secondary N) is 2. The lowest BCUT2D eigenvalue weighted by Crippen LogP contribution is -2.33. The second-order valence-electron chi connectivity index (χ2n) is 6.41. The maximum atomic E-state index is 12.6. The lowest BCUT2D eigenvalue weighted by atomic mass is 10.1. The zero-order valence-electron chi connectivity index (χ0n) is 15.9. The molecule has 0 saturated carbocycles. The van der Waals surface area contributed by atoms with Crippen molar-refractivity contribution in [3.63, 3.8) is 0 Å². The van der Waals surface area contributed by atoms with E-state index in [4.69, 9.17) is 27.5 Å². The van der Waals surface area contributed by atoms with Crippen LogP contribution < -0.4 is 11.1 Å². The number of nitrogens with two attached hydrogens (primary N) is 1. The third-order valence-corrected chi connectivity index (χ3v) is 4.24. The number of benzene rings is 1. The first kappa shape index (κ1) is 23.3. The second-order valence-corrected chi connectivity index (χ2v) is 6.80. The molecule has 0 aliphatic rings. The molecule has 1 unspecified atom stereocenters. The average molecular weight is 437 g/mol. The van der Waals surface area contributed by atoms with Gasteiger partial charge in [-0.2, -0.15) is 0 Å². The summed E-state index contributed by atoms with van der Waals surface area (Å²) >= 11 is 5.67. The zero-order valence-corrected chi connectivity index (χ0v) is 16.7. The van der Waals surface area contributed by atoms with E-state index in [9.17, 15) is 14.0 Å². The molecule has 1 aromatic carbocycles. The molecular weight excluding hydrogens is 415 g/mol. The van der Waals surface area contributed by atoms with E-state index in [-0.39, 0.29) is 31.3 Å². The first-order valence-corrected chi connectivity index (χ1v) is 9.40. The van der Waals surface area contributed by atoms with Crippen LogP contribution in [0.2, 0.25) is 5.15 Å². The van der Waals surface area contributed by atoms with Gasteiger partial charge in [0.15, 0.2) is 0 Å². The highest BCUT2D eigenvalue weighted by molar-refractivity contribution is 6.30. The number of rotatable bonds is 7. The highest BCUT2D eigenvalue weighted by Crippen LogP contribution is 2.17. The van der Waals surface area contributed by atoms with Crippen LogP contribution in [0.4, 0.5) is 4.39 Å². The van der Waals surface area contributed by atoms with Crippen molar-refractivity contribution in [3.8, 4) is 0 Å². The highest BCUT2D eigenvalue weighted by atomic mass is 35.5. The molecule has 0 aliphatic heterocycles. The molecule has 0 bridgehead atoms. The molecule has 2 amide bonds. The molecule has 3 rings (SSSR count). The molecule has 30 heavy (non-hydrogen) atoms.